The molecule has 172 valence electrons. The molecule has 3 heterocycles. The standard InChI is InChI=1S/C23H21FN2O5S2/c24-10-5-3-9(4-6-10)14-15-11-8-12(18(15)32-20-19(14)33-23(31)25-20)17-16(11)21(29)26(22(17)30)7-1-2-13(27)28/h3-6,11-12,14-18H,1-2,7-8H2,(H,25,31)(H,27,28)/t11-,12+,14-,15+,16+,17-,18-/m1/s1. The van der Waals surface area contributed by atoms with Crippen molar-refractivity contribution in [2.75, 3.05) is 6.54 Å². The van der Waals surface area contributed by atoms with Crippen LogP contribution in [0.5, 0.6) is 0 Å². The van der Waals surface area contributed by atoms with Gasteiger partial charge in [0.25, 0.3) is 0 Å². The Morgan fingerprint density at radius 1 is 1.12 bits per heavy atom. The topological polar surface area (TPSA) is 108 Å². The molecule has 2 aliphatic carbocycles. The summed E-state index contributed by atoms with van der Waals surface area (Å²) in [6.07, 6.45) is 0.954. The molecular formula is C23H21FN2O5S2. The number of nitrogens with one attached hydrogen (secondary N) is 1. The van der Waals surface area contributed by atoms with E-state index in [1.165, 1.54) is 28.4 Å². The van der Waals surface area contributed by atoms with Gasteiger partial charge in [-0.2, -0.15) is 0 Å². The number of aliphatic carboxylic acids is 1. The summed E-state index contributed by atoms with van der Waals surface area (Å²) in [7, 11) is 0. The minimum absolute atomic E-state index is 0.00108. The van der Waals surface area contributed by atoms with E-state index in [1.807, 2.05) is 0 Å². The summed E-state index contributed by atoms with van der Waals surface area (Å²) in [5.41, 5.74) is 0.919. The number of thiazole rings is 1. The first-order valence-electron chi connectivity index (χ1n) is 11.1. The number of carbonyl (C=O) groups excluding carboxylic acids is 2. The molecule has 6 rings (SSSR count). The van der Waals surface area contributed by atoms with Gasteiger partial charge < -0.3 is 10.1 Å². The number of fused-ring (bicyclic) bond motifs is 9. The van der Waals surface area contributed by atoms with Crippen molar-refractivity contribution >= 4 is 40.9 Å². The Labute approximate surface area is 196 Å². The number of benzene rings is 1. The van der Waals surface area contributed by atoms with E-state index < -0.39 is 11.9 Å². The lowest BCUT2D eigenvalue weighted by molar-refractivity contribution is -0.142. The molecule has 1 aromatic heterocycles. The number of aromatic nitrogens is 1. The lowest BCUT2D eigenvalue weighted by Gasteiger charge is -2.43. The molecule has 7 nitrogen and oxygen atoms in total. The van der Waals surface area contributed by atoms with Gasteiger partial charge in [-0.1, -0.05) is 23.5 Å². The van der Waals surface area contributed by atoms with Crippen molar-refractivity contribution in [2.45, 2.75) is 35.5 Å². The summed E-state index contributed by atoms with van der Waals surface area (Å²) in [4.78, 5) is 54.7. The molecule has 1 saturated heterocycles. The van der Waals surface area contributed by atoms with Gasteiger partial charge in [0.1, 0.15) is 5.82 Å². The average Bonchev–Trinajstić information content (AvgIpc) is 3.49. The number of carbonyl (C=O) groups is 3. The highest BCUT2D eigenvalue weighted by Crippen LogP contribution is 2.68. The van der Waals surface area contributed by atoms with E-state index in [1.54, 1.807) is 23.9 Å². The number of imide groups is 1. The van der Waals surface area contributed by atoms with Gasteiger partial charge in [0.15, 0.2) is 0 Å². The highest BCUT2D eigenvalue weighted by molar-refractivity contribution is 8.00. The Hall–Kier alpha value is -2.46. The van der Waals surface area contributed by atoms with Crippen LogP contribution in [0.1, 0.15) is 35.6 Å². The van der Waals surface area contributed by atoms with Crippen LogP contribution in [0.25, 0.3) is 0 Å². The second-order valence-corrected chi connectivity index (χ2v) is 11.5. The number of rotatable bonds is 5. The van der Waals surface area contributed by atoms with Crippen molar-refractivity contribution in [2.24, 2.45) is 29.6 Å². The summed E-state index contributed by atoms with van der Waals surface area (Å²) >= 11 is 2.78. The van der Waals surface area contributed by atoms with Gasteiger partial charge in [0, 0.05) is 29.0 Å². The van der Waals surface area contributed by atoms with Crippen molar-refractivity contribution in [1.82, 2.24) is 9.88 Å². The van der Waals surface area contributed by atoms with Crippen LogP contribution in [0, 0.1) is 35.4 Å². The summed E-state index contributed by atoms with van der Waals surface area (Å²) in [6, 6.07) is 6.35. The van der Waals surface area contributed by atoms with Gasteiger partial charge in [-0.15, -0.1) is 11.8 Å². The lowest BCUT2D eigenvalue weighted by atomic mass is 9.68. The van der Waals surface area contributed by atoms with E-state index in [-0.39, 0.29) is 76.7 Å². The predicted molar refractivity (Wildman–Crippen MR) is 118 cm³/mol. The zero-order valence-electron chi connectivity index (χ0n) is 17.4. The fourth-order valence-electron chi connectivity index (χ4n) is 6.73. The largest absolute Gasteiger partial charge is 0.481 e. The molecule has 1 aromatic carbocycles. The molecule has 2 bridgehead atoms. The first-order valence-corrected chi connectivity index (χ1v) is 12.8. The summed E-state index contributed by atoms with van der Waals surface area (Å²) in [5.74, 6) is -2.44. The van der Waals surface area contributed by atoms with Crippen LogP contribution < -0.4 is 4.87 Å². The molecule has 3 fully saturated rings. The smallest absolute Gasteiger partial charge is 0.305 e. The third-order valence-electron chi connectivity index (χ3n) is 7.82. The maximum Gasteiger partial charge on any atom is 0.305 e. The van der Waals surface area contributed by atoms with E-state index in [0.717, 1.165) is 21.9 Å². The molecule has 4 aliphatic rings. The molecule has 33 heavy (non-hydrogen) atoms. The van der Waals surface area contributed by atoms with Gasteiger partial charge in [0.2, 0.25) is 11.8 Å². The highest BCUT2D eigenvalue weighted by Gasteiger charge is 2.69. The molecule has 2 saturated carbocycles. The Morgan fingerprint density at radius 2 is 1.82 bits per heavy atom. The van der Waals surface area contributed by atoms with Crippen molar-refractivity contribution in [3.8, 4) is 0 Å². The Kier molecular flexibility index (Phi) is 4.81. The Bertz CT molecular complexity index is 1220. The van der Waals surface area contributed by atoms with E-state index >= 15 is 0 Å². The minimum atomic E-state index is -0.945. The molecule has 2 aromatic rings. The molecular weight excluding hydrogens is 467 g/mol. The quantitative estimate of drug-likeness (QED) is 0.627. The maximum absolute atomic E-state index is 13.7. The van der Waals surface area contributed by atoms with Gasteiger partial charge in [-0.25, -0.2) is 4.39 Å². The van der Waals surface area contributed by atoms with Gasteiger partial charge in [-0.05, 0) is 48.3 Å². The zero-order valence-corrected chi connectivity index (χ0v) is 19.0. The number of likely N-dealkylation sites (tertiary alicyclic amines) is 1. The number of halogens is 1. The fraction of sp³-hybridized carbons (Fsp3) is 0.478. The third-order valence-corrected chi connectivity index (χ3v) is 10.4. The van der Waals surface area contributed by atoms with Crippen LogP contribution in [-0.2, 0) is 14.4 Å². The molecule has 0 radical (unpaired) electrons. The first kappa shape index (κ1) is 21.1. The maximum atomic E-state index is 13.7. The normalized spacial score (nSPS) is 33.8. The molecule has 2 amide bonds. The molecule has 2 aliphatic heterocycles. The lowest BCUT2D eigenvalue weighted by Crippen LogP contribution is -2.42. The van der Waals surface area contributed by atoms with E-state index in [4.69, 9.17) is 5.11 Å². The van der Waals surface area contributed by atoms with Gasteiger partial charge >= 0.3 is 10.8 Å². The second kappa shape index (κ2) is 7.53. The molecule has 7 atom stereocenters. The molecule has 10 heteroatoms. The SMILES string of the molecule is O=C(O)CCCN1C(=O)[C@@H]2[C@@H]3C[C@@H]([C@@H]2C1=O)[C@H]1[C@@H](c2ccc(F)cc2)c2sc(=O)[nH]c2S[C@H]31. The number of aromatic amines is 1. The molecule has 2 N–H and O–H groups in total. The fourth-order valence-corrected chi connectivity index (χ4v) is 9.62. The molecule has 0 unspecified atom stereocenters. The molecule has 0 spiro atoms. The monoisotopic (exact) mass is 488 g/mol. The number of hydrogen-bond donors (Lipinski definition) is 2. The number of H-pyrrole nitrogens is 1. The van der Waals surface area contributed by atoms with Crippen LogP contribution in [0.4, 0.5) is 4.39 Å². The number of hydrogen-bond acceptors (Lipinski definition) is 6. The average molecular weight is 489 g/mol. The number of carboxylic acid groups (broad SMARTS) is 1. The van der Waals surface area contributed by atoms with Crippen LogP contribution in [0.2, 0.25) is 0 Å². The van der Waals surface area contributed by atoms with Crippen LogP contribution >= 0.6 is 23.1 Å². The van der Waals surface area contributed by atoms with Gasteiger partial charge in [0.05, 0.1) is 16.9 Å². The van der Waals surface area contributed by atoms with Crippen molar-refractivity contribution in [1.29, 1.82) is 0 Å². The van der Waals surface area contributed by atoms with Crippen LogP contribution in [-0.4, -0.2) is 44.6 Å². The number of amides is 2. The number of thioether (sulfide) groups is 1. The number of nitrogens with zero attached hydrogens (tertiary/aromatic N) is 1. The van der Waals surface area contributed by atoms with Crippen LogP contribution in [0.3, 0.4) is 0 Å². The van der Waals surface area contributed by atoms with Crippen molar-refractivity contribution < 1.29 is 23.9 Å². The van der Waals surface area contributed by atoms with E-state index in [9.17, 15) is 23.6 Å². The van der Waals surface area contributed by atoms with Crippen molar-refractivity contribution in [3.63, 3.8) is 0 Å². The third kappa shape index (κ3) is 3.06. The Morgan fingerprint density at radius 3 is 2.52 bits per heavy atom. The minimum Gasteiger partial charge on any atom is -0.481 e. The summed E-state index contributed by atoms with van der Waals surface area (Å²) < 4.78 is 13.7. The Balaban J connectivity index is 1.37. The second-order valence-electron chi connectivity index (χ2n) is 9.34. The highest BCUT2D eigenvalue weighted by atomic mass is 32.2. The summed E-state index contributed by atoms with van der Waals surface area (Å²) in [5, 5.41) is 9.82. The van der Waals surface area contributed by atoms with E-state index in [2.05, 4.69) is 4.98 Å². The number of carboxylic acids is 1. The zero-order chi connectivity index (χ0) is 23.0. The van der Waals surface area contributed by atoms with Crippen molar-refractivity contribution in [3.05, 3.63) is 50.2 Å². The summed E-state index contributed by atoms with van der Waals surface area (Å²) in [6.45, 7) is 0.140. The predicted octanol–water partition coefficient (Wildman–Crippen LogP) is 2.91. The van der Waals surface area contributed by atoms with Crippen LogP contribution in [0.15, 0.2) is 34.1 Å². The first-order chi connectivity index (χ1) is 15.8. The van der Waals surface area contributed by atoms with E-state index in [0.29, 0.717) is 0 Å². The van der Waals surface area contributed by atoms with Gasteiger partial charge in [-0.3, -0.25) is 24.1 Å².